The first-order valence-electron chi connectivity index (χ1n) is 3.97. The molecule has 1 aromatic carbocycles. The van der Waals surface area contributed by atoms with E-state index in [1.165, 1.54) is 0 Å². The molecule has 0 aromatic heterocycles. The van der Waals surface area contributed by atoms with Crippen LogP contribution in [-0.2, 0) is 0 Å². The van der Waals surface area contributed by atoms with Gasteiger partial charge < -0.3 is 9.57 Å². The number of para-hydroxylation sites is 2. The first-order chi connectivity index (χ1) is 5.88. The van der Waals surface area contributed by atoms with Crippen molar-refractivity contribution in [3.8, 4) is 11.5 Å². The second-order valence-electron chi connectivity index (χ2n) is 2.41. The van der Waals surface area contributed by atoms with Crippen molar-refractivity contribution in [1.82, 2.24) is 0 Å². The number of ether oxygens (including phenoxy) is 1. The van der Waals surface area contributed by atoms with Crippen LogP contribution < -0.4 is 15.5 Å². The van der Waals surface area contributed by atoms with Gasteiger partial charge in [-0.05, 0) is 18.6 Å². The number of hydrogen-bond acceptors (Lipinski definition) is 3. The Morgan fingerprint density at radius 3 is 2.50 bits per heavy atom. The van der Waals surface area contributed by atoms with Gasteiger partial charge >= 0.3 is 0 Å². The van der Waals surface area contributed by atoms with Gasteiger partial charge in [0.05, 0.1) is 6.61 Å². The van der Waals surface area contributed by atoms with Crippen molar-refractivity contribution in [3.63, 3.8) is 0 Å². The molecule has 0 atom stereocenters. The Labute approximate surface area is 72.0 Å². The Morgan fingerprint density at radius 1 is 1.25 bits per heavy atom. The molecule has 0 saturated carbocycles. The van der Waals surface area contributed by atoms with Gasteiger partial charge in [-0.15, -0.1) is 0 Å². The van der Waals surface area contributed by atoms with Crippen LogP contribution in [0.4, 0.5) is 0 Å². The van der Waals surface area contributed by atoms with Crippen LogP contribution in [0.1, 0.15) is 13.3 Å². The van der Waals surface area contributed by atoms with Crippen molar-refractivity contribution in [3.05, 3.63) is 24.3 Å². The van der Waals surface area contributed by atoms with Crippen LogP contribution in [0, 0.1) is 0 Å². The molecule has 0 spiro atoms. The number of benzene rings is 1. The highest BCUT2D eigenvalue weighted by atomic mass is 16.6. The molecule has 1 rings (SSSR count). The van der Waals surface area contributed by atoms with Gasteiger partial charge in [0.2, 0.25) is 0 Å². The maximum Gasteiger partial charge on any atom is 0.188 e. The third-order valence-electron chi connectivity index (χ3n) is 1.44. The van der Waals surface area contributed by atoms with Crippen molar-refractivity contribution >= 4 is 0 Å². The Kier molecular flexibility index (Phi) is 3.41. The van der Waals surface area contributed by atoms with Crippen molar-refractivity contribution < 1.29 is 9.57 Å². The number of rotatable bonds is 4. The molecule has 0 aliphatic rings. The summed E-state index contributed by atoms with van der Waals surface area (Å²) in [5, 5.41) is 0. The molecule has 0 unspecified atom stereocenters. The van der Waals surface area contributed by atoms with E-state index >= 15 is 0 Å². The summed E-state index contributed by atoms with van der Waals surface area (Å²) in [4.78, 5) is 4.62. The molecule has 3 nitrogen and oxygen atoms in total. The standard InChI is InChI=1S/C9H13NO2/c1-2-7-11-8-5-3-4-6-9(8)12-10/h3-6H,2,7,10H2,1H3. The minimum absolute atomic E-state index is 0.575. The zero-order valence-corrected chi connectivity index (χ0v) is 7.12. The fraction of sp³-hybridized carbons (Fsp3) is 0.333. The molecule has 0 aliphatic heterocycles. The van der Waals surface area contributed by atoms with E-state index in [2.05, 4.69) is 4.84 Å². The summed E-state index contributed by atoms with van der Waals surface area (Å²) in [6.07, 6.45) is 0.971. The van der Waals surface area contributed by atoms with Gasteiger partial charge in [0, 0.05) is 0 Å². The minimum Gasteiger partial charge on any atom is -0.490 e. The topological polar surface area (TPSA) is 44.5 Å². The maximum absolute atomic E-state index is 5.37. The Morgan fingerprint density at radius 2 is 1.92 bits per heavy atom. The van der Waals surface area contributed by atoms with Gasteiger partial charge in [-0.3, -0.25) is 0 Å². The van der Waals surface area contributed by atoms with Gasteiger partial charge in [0.15, 0.2) is 11.5 Å². The SMILES string of the molecule is CCCOc1ccccc1ON. The van der Waals surface area contributed by atoms with Crippen LogP contribution in [0.3, 0.4) is 0 Å². The highest BCUT2D eigenvalue weighted by Crippen LogP contribution is 2.24. The molecule has 2 N–H and O–H groups in total. The highest BCUT2D eigenvalue weighted by molar-refractivity contribution is 5.39. The number of nitrogens with two attached hydrogens (primary N) is 1. The lowest BCUT2D eigenvalue weighted by Gasteiger charge is -2.07. The molecule has 3 heteroatoms. The van der Waals surface area contributed by atoms with E-state index in [9.17, 15) is 0 Å². The normalized spacial score (nSPS) is 9.50. The lowest BCUT2D eigenvalue weighted by Crippen LogP contribution is -2.04. The second-order valence-corrected chi connectivity index (χ2v) is 2.41. The molecule has 0 amide bonds. The summed E-state index contributed by atoms with van der Waals surface area (Å²) >= 11 is 0. The first-order valence-corrected chi connectivity index (χ1v) is 3.97. The third-order valence-corrected chi connectivity index (χ3v) is 1.44. The summed E-state index contributed by atoms with van der Waals surface area (Å²) in [6.45, 7) is 2.73. The van der Waals surface area contributed by atoms with Gasteiger partial charge in [-0.1, -0.05) is 19.1 Å². The Bertz CT molecular complexity index is 238. The highest BCUT2D eigenvalue weighted by Gasteiger charge is 2.00. The molecule has 0 heterocycles. The zero-order chi connectivity index (χ0) is 8.81. The van der Waals surface area contributed by atoms with E-state index in [1.54, 1.807) is 6.07 Å². The van der Waals surface area contributed by atoms with Gasteiger partial charge in [-0.25, -0.2) is 0 Å². The minimum atomic E-state index is 0.575. The lowest BCUT2D eigenvalue weighted by molar-refractivity contribution is 0.274. The van der Waals surface area contributed by atoms with Crippen molar-refractivity contribution in [2.24, 2.45) is 5.90 Å². The summed E-state index contributed by atoms with van der Waals surface area (Å²) in [6, 6.07) is 7.33. The van der Waals surface area contributed by atoms with Crippen LogP contribution in [0.15, 0.2) is 24.3 Å². The second kappa shape index (κ2) is 4.62. The summed E-state index contributed by atoms with van der Waals surface area (Å²) in [5.74, 6) is 6.31. The zero-order valence-electron chi connectivity index (χ0n) is 7.12. The van der Waals surface area contributed by atoms with E-state index in [4.69, 9.17) is 10.6 Å². The largest absolute Gasteiger partial charge is 0.490 e. The maximum atomic E-state index is 5.37. The van der Waals surface area contributed by atoms with E-state index < -0.39 is 0 Å². The van der Waals surface area contributed by atoms with Gasteiger partial charge in [-0.2, -0.15) is 5.90 Å². The van der Waals surface area contributed by atoms with E-state index in [0.29, 0.717) is 18.1 Å². The summed E-state index contributed by atoms with van der Waals surface area (Å²) in [7, 11) is 0. The third kappa shape index (κ3) is 2.13. The average Bonchev–Trinajstić information content (AvgIpc) is 2.15. The molecule has 0 fully saturated rings. The molecule has 0 radical (unpaired) electrons. The van der Waals surface area contributed by atoms with Gasteiger partial charge in [0.25, 0.3) is 0 Å². The molecule has 1 aromatic rings. The quantitative estimate of drug-likeness (QED) is 0.694. The summed E-state index contributed by atoms with van der Waals surface area (Å²) in [5.41, 5.74) is 0. The van der Waals surface area contributed by atoms with Crippen LogP contribution in [0.2, 0.25) is 0 Å². The Balaban J connectivity index is 2.68. The molecular weight excluding hydrogens is 154 g/mol. The van der Waals surface area contributed by atoms with Crippen molar-refractivity contribution in [2.75, 3.05) is 6.61 Å². The fourth-order valence-electron chi connectivity index (χ4n) is 0.879. The molecule has 12 heavy (non-hydrogen) atoms. The van der Waals surface area contributed by atoms with Gasteiger partial charge in [0.1, 0.15) is 0 Å². The smallest absolute Gasteiger partial charge is 0.188 e. The van der Waals surface area contributed by atoms with Crippen LogP contribution in [0.25, 0.3) is 0 Å². The molecule has 0 bridgehead atoms. The van der Waals surface area contributed by atoms with E-state index in [0.717, 1.165) is 6.42 Å². The van der Waals surface area contributed by atoms with Crippen LogP contribution in [-0.4, -0.2) is 6.61 Å². The molecular formula is C9H13NO2. The predicted molar refractivity (Wildman–Crippen MR) is 47.0 cm³/mol. The van der Waals surface area contributed by atoms with E-state index in [-0.39, 0.29) is 0 Å². The molecule has 66 valence electrons. The average molecular weight is 167 g/mol. The number of hydrogen-bond donors (Lipinski definition) is 1. The summed E-state index contributed by atoms with van der Waals surface area (Å²) < 4.78 is 5.37. The van der Waals surface area contributed by atoms with Crippen LogP contribution in [0.5, 0.6) is 11.5 Å². The van der Waals surface area contributed by atoms with Crippen molar-refractivity contribution in [1.29, 1.82) is 0 Å². The Hall–Kier alpha value is -1.22. The lowest BCUT2D eigenvalue weighted by atomic mass is 10.3. The molecule has 0 aliphatic carbocycles. The first kappa shape index (κ1) is 8.87. The van der Waals surface area contributed by atoms with E-state index in [1.807, 2.05) is 25.1 Å². The predicted octanol–water partition coefficient (Wildman–Crippen LogP) is 1.73. The monoisotopic (exact) mass is 167 g/mol. The van der Waals surface area contributed by atoms with Crippen LogP contribution >= 0.6 is 0 Å². The fourth-order valence-corrected chi connectivity index (χ4v) is 0.879. The van der Waals surface area contributed by atoms with Crippen molar-refractivity contribution in [2.45, 2.75) is 13.3 Å². The molecule has 0 saturated heterocycles.